The van der Waals surface area contributed by atoms with E-state index in [-0.39, 0.29) is 11.5 Å². The van der Waals surface area contributed by atoms with Crippen LogP contribution >= 0.6 is 0 Å². The smallest absolute Gasteiger partial charge is 0.263 e. The molecule has 1 saturated heterocycles. The van der Waals surface area contributed by atoms with Crippen molar-refractivity contribution in [3.63, 3.8) is 0 Å². The number of hydrogen-bond donors (Lipinski definition) is 2. The summed E-state index contributed by atoms with van der Waals surface area (Å²) in [5.41, 5.74) is 0.0730. The first-order chi connectivity index (χ1) is 9.27. The average Bonchev–Trinajstić information content (AvgIpc) is 2.44. The number of amides is 1. The summed E-state index contributed by atoms with van der Waals surface area (Å²) < 4.78 is 5.24. The van der Waals surface area contributed by atoms with Crippen molar-refractivity contribution >= 4 is 5.91 Å². The van der Waals surface area contributed by atoms with Crippen molar-refractivity contribution in [1.29, 1.82) is 5.26 Å². The van der Waals surface area contributed by atoms with E-state index in [2.05, 4.69) is 22.1 Å². The van der Waals surface area contributed by atoms with Gasteiger partial charge in [0.2, 0.25) is 0 Å². The van der Waals surface area contributed by atoms with Gasteiger partial charge in [-0.25, -0.2) is 0 Å². The number of nitrogens with one attached hydrogen (secondary N) is 2. The first-order valence-corrected chi connectivity index (χ1v) is 6.30. The zero-order valence-electron chi connectivity index (χ0n) is 11.0. The number of ether oxygens (including phenoxy) is 1. The highest BCUT2D eigenvalue weighted by Gasteiger charge is 2.11. The molecule has 0 radical (unpaired) electrons. The largest absolute Gasteiger partial charge is 0.386 e. The van der Waals surface area contributed by atoms with Gasteiger partial charge in [0.25, 0.3) is 5.91 Å². The molecule has 0 atom stereocenters. The fourth-order valence-electron chi connectivity index (χ4n) is 1.64. The molecule has 1 rings (SSSR count). The molecule has 2 N–H and O–H groups in total. The monoisotopic (exact) mass is 264 g/mol. The van der Waals surface area contributed by atoms with Crippen LogP contribution in [0.1, 0.15) is 0 Å². The van der Waals surface area contributed by atoms with Gasteiger partial charge in [0, 0.05) is 38.9 Å². The minimum Gasteiger partial charge on any atom is -0.386 e. The Bertz CT molecular complexity index is 367. The normalized spacial score (nSPS) is 16.5. The van der Waals surface area contributed by atoms with Gasteiger partial charge in [0.05, 0.1) is 13.2 Å². The van der Waals surface area contributed by atoms with Gasteiger partial charge in [-0.15, -0.1) is 6.58 Å². The van der Waals surface area contributed by atoms with Crippen molar-refractivity contribution in [3.8, 4) is 6.07 Å². The fraction of sp³-hybridized carbons (Fsp3) is 0.538. The lowest BCUT2D eigenvalue weighted by molar-refractivity contribution is -0.117. The first kappa shape index (κ1) is 15.2. The Balaban J connectivity index is 2.26. The molecule has 6 heteroatoms. The van der Waals surface area contributed by atoms with Crippen LogP contribution in [-0.2, 0) is 9.53 Å². The summed E-state index contributed by atoms with van der Waals surface area (Å²) in [5.74, 6) is -0.354. The number of rotatable bonds is 7. The Morgan fingerprint density at radius 1 is 1.47 bits per heavy atom. The third-order valence-electron chi connectivity index (χ3n) is 2.69. The number of nitrogens with zero attached hydrogens (tertiary/aromatic N) is 2. The van der Waals surface area contributed by atoms with E-state index in [0.717, 1.165) is 32.8 Å². The van der Waals surface area contributed by atoms with Crippen molar-refractivity contribution in [1.82, 2.24) is 15.5 Å². The van der Waals surface area contributed by atoms with Crippen LogP contribution < -0.4 is 10.6 Å². The molecule has 0 saturated carbocycles. The van der Waals surface area contributed by atoms with Gasteiger partial charge >= 0.3 is 0 Å². The van der Waals surface area contributed by atoms with E-state index in [9.17, 15) is 4.79 Å². The van der Waals surface area contributed by atoms with Gasteiger partial charge in [-0.3, -0.25) is 9.69 Å². The highest BCUT2D eigenvalue weighted by Crippen LogP contribution is 1.95. The van der Waals surface area contributed by atoms with Gasteiger partial charge in [0.1, 0.15) is 11.6 Å². The fourth-order valence-corrected chi connectivity index (χ4v) is 1.64. The molecular weight excluding hydrogens is 244 g/mol. The molecule has 0 aromatic rings. The van der Waals surface area contributed by atoms with Crippen LogP contribution in [0.2, 0.25) is 0 Å². The quantitative estimate of drug-likeness (QED) is 0.284. The Morgan fingerprint density at radius 3 is 2.84 bits per heavy atom. The predicted molar refractivity (Wildman–Crippen MR) is 72.2 cm³/mol. The van der Waals surface area contributed by atoms with Gasteiger partial charge in [0.15, 0.2) is 0 Å². The molecule has 1 fully saturated rings. The SMILES string of the molecule is C=CCN/C=C(/C#N)C(=O)NCCN1CCOCC1. The van der Waals surface area contributed by atoms with Crippen molar-refractivity contribution in [2.75, 3.05) is 45.9 Å². The zero-order valence-corrected chi connectivity index (χ0v) is 11.0. The Hall–Kier alpha value is -1.84. The van der Waals surface area contributed by atoms with E-state index in [1.807, 2.05) is 6.07 Å². The lowest BCUT2D eigenvalue weighted by atomic mass is 10.3. The molecule has 0 unspecified atom stereocenters. The molecule has 1 heterocycles. The summed E-state index contributed by atoms with van der Waals surface area (Å²) in [6.07, 6.45) is 3.06. The lowest BCUT2D eigenvalue weighted by Gasteiger charge is -2.26. The third-order valence-corrected chi connectivity index (χ3v) is 2.69. The Morgan fingerprint density at radius 2 is 2.21 bits per heavy atom. The molecule has 0 aromatic carbocycles. The summed E-state index contributed by atoms with van der Waals surface area (Å²) in [5, 5.41) is 14.4. The van der Waals surface area contributed by atoms with Crippen LogP contribution in [0.3, 0.4) is 0 Å². The summed E-state index contributed by atoms with van der Waals surface area (Å²) in [7, 11) is 0. The van der Waals surface area contributed by atoms with Crippen LogP contribution in [0.4, 0.5) is 0 Å². The van der Waals surface area contributed by atoms with Crippen LogP contribution in [0, 0.1) is 11.3 Å². The predicted octanol–water partition coefficient (Wildman–Crippen LogP) is -0.382. The van der Waals surface area contributed by atoms with E-state index in [0.29, 0.717) is 13.1 Å². The number of nitriles is 1. The van der Waals surface area contributed by atoms with Crippen LogP contribution in [0.15, 0.2) is 24.4 Å². The summed E-state index contributed by atoms with van der Waals surface area (Å²) >= 11 is 0. The minimum absolute atomic E-state index is 0.0730. The maximum Gasteiger partial charge on any atom is 0.263 e. The molecule has 104 valence electrons. The third kappa shape index (κ3) is 6.04. The number of morpholine rings is 1. The molecular formula is C13H20N4O2. The molecule has 0 aromatic heterocycles. The molecule has 1 aliphatic rings. The van der Waals surface area contributed by atoms with Crippen LogP contribution in [-0.4, -0.2) is 56.7 Å². The molecule has 0 bridgehead atoms. The van der Waals surface area contributed by atoms with Crippen molar-refractivity contribution in [2.24, 2.45) is 0 Å². The van der Waals surface area contributed by atoms with Crippen molar-refractivity contribution in [3.05, 3.63) is 24.4 Å². The average molecular weight is 264 g/mol. The molecule has 1 amide bonds. The topological polar surface area (TPSA) is 77.4 Å². The standard InChI is InChI=1S/C13H20N4O2/c1-2-3-15-11-12(10-14)13(18)16-4-5-17-6-8-19-9-7-17/h2,11,15H,1,3-9H2,(H,16,18)/b12-11-. The maximum absolute atomic E-state index is 11.7. The maximum atomic E-state index is 11.7. The van der Waals surface area contributed by atoms with Gasteiger partial charge in [-0.1, -0.05) is 6.08 Å². The van der Waals surface area contributed by atoms with E-state index < -0.39 is 0 Å². The molecule has 1 aliphatic heterocycles. The van der Waals surface area contributed by atoms with E-state index in [1.54, 1.807) is 6.08 Å². The Labute approximate surface area is 113 Å². The first-order valence-electron chi connectivity index (χ1n) is 6.30. The molecule has 6 nitrogen and oxygen atoms in total. The number of carbonyl (C=O) groups is 1. The number of carbonyl (C=O) groups excluding carboxylic acids is 1. The summed E-state index contributed by atoms with van der Waals surface area (Å²) in [6.45, 7) is 8.61. The van der Waals surface area contributed by atoms with Gasteiger partial charge in [-0.05, 0) is 0 Å². The second-order valence-electron chi connectivity index (χ2n) is 4.08. The second kappa shape index (κ2) is 9.14. The highest BCUT2D eigenvalue weighted by atomic mass is 16.5. The zero-order chi connectivity index (χ0) is 13.9. The van der Waals surface area contributed by atoms with Crippen molar-refractivity contribution < 1.29 is 9.53 Å². The summed E-state index contributed by atoms with van der Waals surface area (Å²) in [6, 6.07) is 1.87. The second-order valence-corrected chi connectivity index (χ2v) is 4.08. The Kier molecular flexibility index (Phi) is 7.32. The van der Waals surface area contributed by atoms with E-state index >= 15 is 0 Å². The lowest BCUT2D eigenvalue weighted by Crippen LogP contribution is -2.41. The van der Waals surface area contributed by atoms with Crippen LogP contribution in [0.25, 0.3) is 0 Å². The highest BCUT2D eigenvalue weighted by molar-refractivity contribution is 5.97. The molecule has 0 spiro atoms. The van der Waals surface area contributed by atoms with Gasteiger partial charge < -0.3 is 15.4 Å². The molecule has 0 aliphatic carbocycles. The summed E-state index contributed by atoms with van der Waals surface area (Å²) in [4.78, 5) is 13.9. The van der Waals surface area contributed by atoms with Crippen LogP contribution in [0.5, 0.6) is 0 Å². The van der Waals surface area contributed by atoms with E-state index in [4.69, 9.17) is 10.00 Å². The van der Waals surface area contributed by atoms with Crippen molar-refractivity contribution in [2.45, 2.75) is 0 Å². The number of hydrogen-bond acceptors (Lipinski definition) is 5. The van der Waals surface area contributed by atoms with E-state index in [1.165, 1.54) is 6.20 Å². The minimum atomic E-state index is -0.354. The molecule has 19 heavy (non-hydrogen) atoms. The van der Waals surface area contributed by atoms with Gasteiger partial charge in [-0.2, -0.15) is 5.26 Å².